The molecule has 0 amide bonds. The molecule has 0 saturated heterocycles. The Morgan fingerprint density at radius 1 is 1.07 bits per heavy atom. The lowest BCUT2D eigenvalue weighted by atomic mass is 10.0. The first-order chi connectivity index (χ1) is 13.6. The summed E-state index contributed by atoms with van der Waals surface area (Å²) in [6.45, 7) is 1.94. The third-order valence-electron chi connectivity index (χ3n) is 3.91. The van der Waals surface area contributed by atoms with Gasteiger partial charge in [0, 0.05) is 11.8 Å². The molecule has 1 unspecified atom stereocenters. The summed E-state index contributed by atoms with van der Waals surface area (Å²) in [5, 5.41) is -0.236. The number of benzene rings is 2. The molecule has 0 fully saturated rings. The highest BCUT2D eigenvalue weighted by atomic mass is 32.2. The summed E-state index contributed by atoms with van der Waals surface area (Å²) in [5.74, 6) is -0.611. The lowest BCUT2D eigenvalue weighted by molar-refractivity contribution is 0.0526. The fourth-order valence-corrected chi connectivity index (χ4v) is 3.57. The summed E-state index contributed by atoms with van der Waals surface area (Å²) in [5.41, 5.74) is 7.44. The minimum Gasteiger partial charge on any atom is -0.462 e. The Kier molecular flexibility index (Phi) is 6.39. The van der Waals surface area contributed by atoms with E-state index in [-0.39, 0.29) is 23.8 Å². The number of nitrogens with two attached hydrogens (primary N) is 1. The van der Waals surface area contributed by atoms with Gasteiger partial charge in [0.05, 0.1) is 6.61 Å². The maximum Gasteiger partial charge on any atom is 0.343 e. The number of rotatable bonds is 7. The number of ether oxygens (including phenoxy) is 1. The smallest absolute Gasteiger partial charge is 0.343 e. The summed E-state index contributed by atoms with van der Waals surface area (Å²) < 4.78 is 4.94. The highest BCUT2D eigenvalue weighted by Crippen LogP contribution is 2.36. The van der Waals surface area contributed by atoms with Crippen molar-refractivity contribution in [2.45, 2.75) is 17.3 Å². The van der Waals surface area contributed by atoms with Crippen LogP contribution in [0.5, 0.6) is 0 Å². The summed E-state index contributed by atoms with van der Waals surface area (Å²) in [6, 6.07) is 18.5. The lowest BCUT2D eigenvalue weighted by Crippen LogP contribution is -2.13. The van der Waals surface area contributed by atoms with Crippen molar-refractivity contribution in [2.24, 2.45) is 0 Å². The average molecular weight is 393 g/mol. The first-order valence-electron chi connectivity index (χ1n) is 8.70. The number of hydrogen-bond donors (Lipinski definition) is 1. The van der Waals surface area contributed by atoms with Crippen molar-refractivity contribution in [1.82, 2.24) is 9.97 Å². The van der Waals surface area contributed by atoms with E-state index < -0.39 is 11.2 Å². The molecule has 2 N–H and O–H groups in total. The quantitative estimate of drug-likeness (QED) is 0.281. The normalized spacial score (nSPS) is 11.6. The van der Waals surface area contributed by atoms with Gasteiger partial charge in [-0.25, -0.2) is 14.8 Å². The fraction of sp³-hybridized carbons (Fsp3) is 0.143. The van der Waals surface area contributed by atoms with Gasteiger partial charge in [-0.2, -0.15) is 0 Å². The number of anilines is 1. The monoisotopic (exact) mass is 393 g/mol. The van der Waals surface area contributed by atoms with E-state index in [1.165, 1.54) is 18.0 Å². The Labute approximate surface area is 167 Å². The highest BCUT2D eigenvalue weighted by molar-refractivity contribution is 8.00. The number of nitrogen functional groups attached to an aromatic ring is 1. The van der Waals surface area contributed by atoms with Crippen LogP contribution in [0.1, 0.15) is 38.5 Å². The van der Waals surface area contributed by atoms with Crippen LogP contribution in [0.15, 0.2) is 72.0 Å². The van der Waals surface area contributed by atoms with E-state index in [1.54, 1.807) is 19.1 Å². The van der Waals surface area contributed by atoms with Crippen molar-refractivity contribution < 1.29 is 14.3 Å². The number of esters is 1. The van der Waals surface area contributed by atoms with Crippen molar-refractivity contribution >= 4 is 29.3 Å². The van der Waals surface area contributed by atoms with E-state index >= 15 is 0 Å². The summed E-state index contributed by atoms with van der Waals surface area (Å²) >= 11 is 1.19. The van der Waals surface area contributed by atoms with Crippen LogP contribution in [-0.2, 0) is 4.74 Å². The zero-order valence-corrected chi connectivity index (χ0v) is 16.1. The molecule has 28 heavy (non-hydrogen) atoms. The van der Waals surface area contributed by atoms with Gasteiger partial charge in [0.1, 0.15) is 16.6 Å². The third-order valence-corrected chi connectivity index (χ3v) is 5.04. The standard InChI is InChI=1S/C21H19N3O3S/c1-2-27-20(26)16-13-23-21(24-19(16)22)28-18(15-11-7-4-8-12-15)17(25)14-9-5-3-6-10-14/h3-13,18H,2H2,1H3,(H2,22,23,24). The zero-order valence-electron chi connectivity index (χ0n) is 15.2. The summed E-state index contributed by atoms with van der Waals surface area (Å²) in [4.78, 5) is 33.4. The molecule has 142 valence electrons. The Balaban J connectivity index is 1.91. The molecule has 1 aromatic heterocycles. The van der Waals surface area contributed by atoms with Crippen LogP contribution in [-0.4, -0.2) is 28.3 Å². The van der Waals surface area contributed by atoms with Crippen LogP contribution in [0.3, 0.4) is 0 Å². The molecule has 0 saturated carbocycles. The summed E-state index contributed by atoms with van der Waals surface area (Å²) in [6.07, 6.45) is 1.33. The second-order valence-corrected chi connectivity index (χ2v) is 6.88. The van der Waals surface area contributed by atoms with E-state index in [1.807, 2.05) is 48.5 Å². The third kappa shape index (κ3) is 4.55. The molecule has 1 heterocycles. The van der Waals surface area contributed by atoms with Crippen LogP contribution in [0, 0.1) is 0 Å². The van der Waals surface area contributed by atoms with Gasteiger partial charge in [0.25, 0.3) is 0 Å². The Bertz CT molecular complexity index is 965. The van der Waals surface area contributed by atoms with E-state index in [9.17, 15) is 9.59 Å². The number of carbonyl (C=O) groups is 2. The van der Waals surface area contributed by atoms with Gasteiger partial charge >= 0.3 is 5.97 Å². The Morgan fingerprint density at radius 3 is 2.32 bits per heavy atom. The predicted molar refractivity (Wildman–Crippen MR) is 108 cm³/mol. The maximum atomic E-state index is 13.1. The molecule has 2 aromatic carbocycles. The molecule has 6 nitrogen and oxygen atoms in total. The number of ketones is 1. The number of thioether (sulfide) groups is 1. The van der Waals surface area contributed by atoms with E-state index in [2.05, 4.69) is 9.97 Å². The molecular formula is C21H19N3O3S. The number of nitrogens with zero attached hydrogens (tertiary/aromatic N) is 2. The topological polar surface area (TPSA) is 95.2 Å². The molecule has 0 bridgehead atoms. The second-order valence-electron chi connectivity index (χ2n) is 5.81. The number of Topliss-reactive ketones (excluding diaryl/α,β-unsaturated/α-hetero) is 1. The van der Waals surface area contributed by atoms with Crippen molar-refractivity contribution in [3.05, 3.63) is 83.6 Å². The first kappa shape index (κ1) is 19.6. The molecule has 3 aromatic rings. The highest BCUT2D eigenvalue weighted by Gasteiger charge is 2.25. The second kappa shape index (κ2) is 9.14. The van der Waals surface area contributed by atoms with Crippen molar-refractivity contribution in [2.75, 3.05) is 12.3 Å². The van der Waals surface area contributed by atoms with Gasteiger partial charge in [-0.05, 0) is 12.5 Å². The van der Waals surface area contributed by atoms with Gasteiger partial charge in [-0.1, -0.05) is 72.4 Å². The Hall–Kier alpha value is -3.19. The van der Waals surface area contributed by atoms with Crippen LogP contribution in [0.4, 0.5) is 5.82 Å². The first-order valence-corrected chi connectivity index (χ1v) is 9.58. The van der Waals surface area contributed by atoms with Crippen LogP contribution >= 0.6 is 11.8 Å². The maximum absolute atomic E-state index is 13.1. The van der Waals surface area contributed by atoms with Gasteiger partial charge in [0.15, 0.2) is 10.9 Å². The van der Waals surface area contributed by atoms with Gasteiger partial charge in [0.2, 0.25) is 0 Å². The zero-order chi connectivity index (χ0) is 19.9. The average Bonchev–Trinajstić information content (AvgIpc) is 2.73. The largest absolute Gasteiger partial charge is 0.462 e. The molecule has 1 atom stereocenters. The molecule has 3 rings (SSSR count). The van der Waals surface area contributed by atoms with E-state index in [0.717, 1.165) is 5.56 Å². The molecule has 0 spiro atoms. The van der Waals surface area contributed by atoms with Crippen molar-refractivity contribution in [1.29, 1.82) is 0 Å². The lowest BCUT2D eigenvalue weighted by Gasteiger charge is -2.15. The number of aromatic nitrogens is 2. The minimum atomic E-state index is -0.573. The predicted octanol–water partition coefficient (Wildman–Crippen LogP) is 3.95. The van der Waals surface area contributed by atoms with Crippen molar-refractivity contribution in [3.63, 3.8) is 0 Å². The molecular weight excluding hydrogens is 374 g/mol. The molecule has 0 radical (unpaired) electrons. The SMILES string of the molecule is CCOC(=O)c1cnc(SC(C(=O)c2ccccc2)c2ccccc2)nc1N. The molecule has 7 heteroatoms. The molecule has 0 aliphatic carbocycles. The van der Waals surface area contributed by atoms with E-state index in [0.29, 0.717) is 10.7 Å². The van der Waals surface area contributed by atoms with Gasteiger partial charge in [-0.3, -0.25) is 4.79 Å². The van der Waals surface area contributed by atoms with Gasteiger partial charge in [-0.15, -0.1) is 0 Å². The summed E-state index contributed by atoms with van der Waals surface area (Å²) in [7, 11) is 0. The van der Waals surface area contributed by atoms with Crippen molar-refractivity contribution in [3.8, 4) is 0 Å². The van der Waals surface area contributed by atoms with Gasteiger partial charge < -0.3 is 10.5 Å². The fourth-order valence-electron chi connectivity index (χ4n) is 2.56. The van der Waals surface area contributed by atoms with Crippen LogP contribution in [0.2, 0.25) is 0 Å². The van der Waals surface area contributed by atoms with Crippen LogP contribution < -0.4 is 5.73 Å². The van der Waals surface area contributed by atoms with E-state index in [4.69, 9.17) is 10.5 Å². The van der Waals surface area contributed by atoms with Crippen LogP contribution in [0.25, 0.3) is 0 Å². The number of carbonyl (C=O) groups excluding carboxylic acids is 2. The number of hydrogen-bond acceptors (Lipinski definition) is 7. The Morgan fingerprint density at radius 2 is 1.71 bits per heavy atom. The molecule has 0 aliphatic rings. The molecule has 0 aliphatic heterocycles. The minimum absolute atomic E-state index is 0.0231.